The predicted molar refractivity (Wildman–Crippen MR) is 65.9 cm³/mol. The van der Waals surface area contributed by atoms with Crippen molar-refractivity contribution in [2.45, 2.75) is 71.1 Å². The molecule has 1 aliphatic heterocycles. The predicted octanol–water partition coefficient (Wildman–Crippen LogP) is 2.75. The molecule has 1 amide bonds. The van der Waals surface area contributed by atoms with Gasteiger partial charge >= 0.3 is 6.09 Å². The molecule has 2 unspecified atom stereocenters. The molecule has 0 aromatic heterocycles. The maximum absolute atomic E-state index is 12.1. The van der Waals surface area contributed by atoms with Crippen LogP contribution in [0, 0.1) is 0 Å². The Morgan fingerprint density at radius 1 is 1.41 bits per heavy atom. The number of hydrogen-bond donors (Lipinski definition) is 0. The fraction of sp³-hybridized carbons (Fsp3) is 0.846. The molecular weight excluding hydrogens is 218 g/mol. The van der Waals surface area contributed by atoms with Crippen LogP contribution < -0.4 is 0 Å². The van der Waals surface area contributed by atoms with Gasteiger partial charge < -0.3 is 9.53 Å². The number of hydrogen-bond acceptors (Lipinski definition) is 3. The Bertz CT molecular complexity index is 283. The van der Waals surface area contributed by atoms with E-state index in [1.54, 1.807) is 4.90 Å². The fourth-order valence-electron chi connectivity index (χ4n) is 2.26. The van der Waals surface area contributed by atoms with E-state index in [0.29, 0.717) is 0 Å². The summed E-state index contributed by atoms with van der Waals surface area (Å²) in [5, 5.41) is 0. The Hall–Kier alpha value is -1.06. The fourth-order valence-corrected chi connectivity index (χ4v) is 2.26. The van der Waals surface area contributed by atoms with E-state index >= 15 is 0 Å². The zero-order valence-electron chi connectivity index (χ0n) is 11.2. The van der Waals surface area contributed by atoms with E-state index in [2.05, 4.69) is 6.92 Å². The molecule has 0 saturated carbocycles. The van der Waals surface area contributed by atoms with E-state index in [1.165, 1.54) is 0 Å². The van der Waals surface area contributed by atoms with E-state index in [0.717, 1.165) is 32.0 Å². The maximum Gasteiger partial charge on any atom is 0.411 e. The molecule has 1 rings (SSSR count). The average Bonchev–Trinajstić information content (AvgIpc) is 2.58. The monoisotopic (exact) mass is 241 g/mol. The number of nitrogens with zero attached hydrogens (tertiary/aromatic N) is 1. The van der Waals surface area contributed by atoms with Gasteiger partial charge in [-0.25, -0.2) is 4.79 Å². The number of ether oxygens (including phenoxy) is 1. The first kappa shape index (κ1) is 14.0. The first-order valence-electron chi connectivity index (χ1n) is 6.35. The molecule has 1 aliphatic rings. The molecule has 4 nitrogen and oxygen atoms in total. The van der Waals surface area contributed by atoms with E-state index in [1.807, 2.05) is 20.8 Å². The number of likely N-dealkylation sites (tertiary alicyclic amines) is 1. The third-order valence-corrected chi connectivity index (χ3v) is 2.93. The number of rotatable bonds is 3. The van der Waals surface area contributed by atoms with Gasteiger partial charge in [-0.2, -0.15) is 0 Å². The number of amides is 1. The second-order valence-electron chi connectivity index (χ2n) is 5.61. The molecule has 2 atom stereocenters. The zero-order chi connectivity index (χ0) is 13.1. The summed E-state index contributed by atoms with van der Waals surface area (Å²) in [5.74, 6) is 0. The average molecular weight is 241 g/mol. The number of aldehydes is 1. The van der Waals surface area contributed by atoms with Gasteiger partial charge in [0.05, 0.1) is 6.04 Å². The quantitative estimate of drug-likeness (QED) is 0.714. The molecule has 1 heterocycles. The van der Waals surface area contributed by atoms with Gasteiger partial charge in [-0.15, -0.1) is 0 Å². The third kappa shape index (κ3) is 3.72. The van der Waals surface area contributed by atoms with E-state index < -0.39 is 5.60 Å². The first-order chi connectivity index (χ1) is 7.89. The minimum atomic E-state index is -0.510. The normalized spacial score (nSPS) is 24.8. The molecule has 4 heteroatoms. The van der Waals surface area contributed by atoms with Gasteiger partial charge in [0.15, 0.2) is 0 Å². The van der Waals surface area contributed by atoms with Crippen LogP contribution >= 0.6 is 0 Å². The van der Waals surface area contributed by atoms with E-state index in [-0.39, 0.29) is 18.2 Å². The first-order valence-corrected chi connectivity index (χ1v) is 6.35. The van der Waals surface area contributed by atoms with Gasteiger partial charge in [0, 0.05) is 6.04 Å². The molecule has 0 aliphatic carbocycles. The lowest BCUT2D eigenvalue weighted by Gasteiger charge is -2.30. The molecular formula is C13H23NO3. The highest BCUT2D eigenvalue weighted by Gasteiger charge is 2.38. The van der Waals surface area contributed by atoms with Crippen molar-refractivity contribution >= 4 is 12.4 Å². The van der Waals surface area contributed by atoms with Crippen molar-refractivity contribution in [3.8, 4) is 0 Å². The Kier molecular flexibility index (Phi) is 4.54. The largest absolute Gasteiger partial charge is 0.444 e. The van der Waals surface area contributed by atoms with Crippen LogP contribution in [-0.4, -0.2) is 35.0 Å². The van der Waals surface area contributed by atoms with Gasteiger partial charge in [0.1, 0.15) is 11.9 Å². The summed E-state index contributed by atoms with van der Waals surface area (Å²) >= 11 is 0. The molecule has 0 radical (unpaired) electrons. The van der Waals surface area contributed by atoms with Crippen molar-refractivity contribution in [2.24, 2.45) is 0 Å². The highest BCUT2D eigenvalue weighted by atomic mass is 16.6. The Labute approximate surface area is 103 Å². The van der Waals surface area contributed by atoms with Crippen LogP contribution in [0.3, 0.4) is 0 Å². The summed E-state index contributed by atoms with van der Waals surface area (Å²) in [6, 6.07) is -0.147. The van der Waals surface area contributed by atoms with Crippen LogP contribution in [0.2, 0.25) is 0 Å². The molecule has 17 heavy (non-hydrogen) atoms. The summed E-state index contributed by atoms with van der Waals surface area (Å²) in [6.07, 6.45) is 4.10. The lowest BCUT2D eigenvalue weighted by Crippen LogP contribution is -2.44. The van der Waals surface area contributed by atoms with Crippen molar-refractivity contribution in [3.63, 3.8) is 0 Å². The van der Waals surface area contributed by atoms with Gasteiger partial charge in [-0.05, 0) is 40.0 Å². The van der Waals surface area contributed by atoms with E-state index in [9.17, 15) is 9.59 Å². The third-order valence-electron chi connectivity index (χ3n) is 2.93. The van der Waals surface area contributed by atoms with Crippen LogP contribution in [0.25, 0.3) is 0 Å². The van der Waals surface area contributed by atoms with Crippen LogP contribution in [0.4, 0.5) is 4.79 Å². The molecule has 98 valence electrons. The minimum Gasteiger partial charge on any atom is -0.444 e. The van der Waals surface area contributed by atoms with Crippen LogP contribution in [0.15, 0.2) is 0 Å². The van der Waals surface area contributed by atoms with Crippen LogP contribution in [0.5, 0.6) is 0 Å². The molecule has 0 spiro atoms. The Balaban J connectivity index is 2.74. The molecule has 0 aromatic carbocycles. The summed E-state index contributed by atoms with van der Waals surface area (Å²) in [4.78, 5) is 24.7. The number of carbonyl (C=O) groups excluding carboxylic acids is 2. The summed E-state index contributed by atoms with van der Waals surface area (Å²) in [7, 11) is 0. The second kappa shape index (κ2) is 5.52. The molecule has 0 N–H and O–H groups in total. The highest BCUT2D eigenvalue weighted by Crippen LogP contribution is 2.28. The second-order valence-corrected chi connectivity index (χ2v) is 5.61. The van der Waals surface area contributed by atoms with Crippen molar-refractivity contribution in [1.29, 1.82) is 0 Å². The van der Waals surface area contributed by atoms with Crippen LogP contribution in [-0.2, 0) is 9.53 Å². The SMILES string of the molecule is CCCC1CCC(C=O)N1C(=O)OC(C)(C)C. The standard InChI is InChI=1S/C13H23NO3/c1-5-6-10-7-8-11(9-15)14(10)12(16)17-13(2,3)4/h9-11H,5-8H2,1-4H3. The molecule has 0 bridgehead atoms. The zero-order valence-corrected chi connectivity index (χ0v) is 11.2. The lowest BCUT2D eigenvalue weighted by atomic mass is 10.1. The topological polar surface area (TPSA) is 46.6 Å². The smallest absolute Gasteiger partial charge is 0.411 e. The maximum atomic E-state index is 12.1. The summed E-state index contributed by atoms with van der Waals surface area (Å²) in [6.45, 7) is 7.60. The van der Waals surface area contributed by atoms with Gasteiger partial charge in [0.25, 0.3) is 0 Å². The highest BCUT2D eigenvalue weighted by molar-refractivity contribution is 5.75. The van der Waals surface area contributed by atoms with Gasteiger partial charge in [-0.1, -0.05) is 13.3 Å². The Morgan fingerprint density at radius 3 is 2.53 bits per heavy atom. The Morgan fingerprint density at radius 2 is 2.06 bits per heavy atom. The summed E-state index contributed by atoms with van der Waals surface area (Å²) in [5.41, 5.74) is -0.510. The summed E-state index contributed by atoms with van der Waals surface area (Å²) < 4.78 is 5.36. The van der Waals surface area contributed by atoms with Gasteiger partial charge in [0.2, 0.25) is 0 Å². The lowest BCUT2D eigenvalue weighted by molar-refractivity contribution is -0.112. The van der Waals surface area contributed by atoms with Crippen molar-refractivity contribution < 1.29 is 14.3 Å². The molecule has 1 saturated heterocycles. The van der Waals surface area contributed by atoms with Gasteiger partial charge in [-0.3, -0.25) is 4.90 Å². The van der Waals surface area contributed by atoms with E-state index in [4.69, 9.17) is 4.74 Å². The van der Waals surface area contributed by atoms with Crippen molar-refractivity contribution in [3.05, 3.63) is 0 Å². The number of carbonyl (C=O) groups is 2. The van der Waals surface area contributed by atoms with Crippen molar-refractivity contribution in [2.75, 3.05) is 0 Å². The molecule has 1 fully saturated rings. The van der Waals surface area contributed by atoms with Crippen LogP contribution in [0.1, 0.15) is 53.4 Å². The minimum absolute atomic E-state index is 0.157. The van der Waals surface area contributed by atoms with Crippen molar-refractivity contribution in [1.82, 2.24) is 4.90 Å². The molecule has 0 aromatic rings.